The Hall–Kier alpha value is -1.94. The van der Waals surface area contributed by atoms with Crippen LogP contribution in [0.5, 0.6) is 0 Å². The summed E-state index contributed by atoms with van der Waals surface area (Å²) in [4.78, 5) is 22.8. The normalized spacial score (nSPS) is 23.0. The van der Waals surface area contributed by atoms with Gasteiger partial charge in [0.15, 0.2) is 0 Å². The lowest BCUT2D eigenvalue weighted by atomic mass is 9.88. The molecule has 0 aromatic heterocycles. The number of aliphatic hydroxyl groups is 1. The number of hydrogen-bond acceptors (Lipinski definition) is 3. The van der Waals surface area contributed by atoms with E-state index in [4.69, 9.17) is 5.11 Å². The minimum absolute atomic E-state index is 0.120. The highest BCUT2D eigenvalue weighted by atomic mass is 16.4. The summed E-state index contributed by atoms with van der Waals surface area (Å²) < 4.78 is 0. The Morgan fingerprint density at radius 3 is 2.65 bits per heavy atom. The number of carboxylic acids is 1. The van der Waals surface area contributed by atoms with Gasteiger partial charge in [-0.15, -0.1) is 0 Å². The monoisotopic (exact) mass is 358 g/mol. The van der Waals surface area contributed by atoms with Gasteiger partial charge in [0.1, 0.15) is 5.78 Å². The zero-order valence-electron chi connectivity index (χ0n) is 15.8. The van der Waals surface area contributed by atoms with Crippen molar-refractivity contribution in [2.45, 2.75) is 64.9 Å². The molecular weight excluding hydrogens is 328 g/mol. The van der Waals surface area contributed by atoms with Gasteiger partial charge in [0.05, 0.1) is 6.10 Å². The fourth-order valence-electron chi connectivity index (χ4n) is 3.76. The first-order valence-electron chi connectivity index (χ1n) is 9.57. The van der Waals surface area contributed by atoms with Crippen molar-refractivity contribution in [2.75, 3.05) is 0 Å². The van der Waals surface area contributed by atoms with Crippen molar-refractivity contribution in [1.29, 1.82) is 0 Å². The maximum Gasteiger partial charge on any atom is 0.303 e. The first-order valence-corrected chi connectivity index (χ1v) is 9.57. The Bertz CT molecular complexity index is 662. The van der Waals surface area contributed by atoms with Gasteiger partial charge in [-0.2, -0.15) is 0 Å². The molecule has 0 spiro atoms. The molecule has 1 aliphatic carbocycles. The van der Waals surface area contributed by atoms with E-state index in [-0.39, 0.29) is 30.5 Å². The molecule has 1 fully saturated rings. The van der Waals surface area contributed by atoms with E-state index in [0.717, 1.165) is 31.2 Å². The van der Waals surface area contributed by atoms with E-state index >= 15 is 0 Å². The van der Waals surface area contributed by atoms with E-state index in [1.54, 1.807) is 0 Å². The zero-order chi connectivity index (χ0) is 19.1. The zero-order valence-corrected chi connectivity index (χ0v) is 15.8. The van der Waals surface area contributed by atoms with Crippen molar-refractivity contribution in [1.82, 2.24) is 0 Å². The summed E-state index contributed by atoms with van der Waals surface area (Å²) in [6, 6.07) is 6.15. The maximum absolute atomic E-state index is 12.3. The molecule has 0 radical (unpaired) electrons. The second-order valence-electron chi connectivity index (χ2n) is 7.42. The van der Waals surface area contributed by atoms with Crippen LogP contribution in [-0.2, 0) is 9.59 Å². The highest BCUT2D eigenvalue weighted by Crippen LogP contribution is 2.35. The number of benzene rings is 1. The standard InChI is InChI=1S/C22H30O4/c1-15-8-7-9-17(16(15)2)12-13-19-18(20(23)14-21(19)24)10-5-3-4-6-11-22(25)26/h7-9,12-13,18-19,21,24H,3-6,10-11,14H2,1-2H3,(H,25,26). The van der Waals surface area contributed by atoms with Gasteiger partial charge in [-0.1, -0.05) is 49.6 Å². The number of aliphatic carboxylic acids is 1. The quantitative estimate of drug-likeness (QED) is 0.645. The summed E-state index contributed by atoms with van der Waals surface area (Å²) >= 11 is 0. The summed E-state index contributed by atoms with van der Waals surface area (Å²) in [6.45, 7) is 4.16. The smallest absolute Gasteiger partial charge is 0.303 e. The number of carboxylic acid groups (broad SMARTS) is 1. The molecule has 142 valence electrons. The van der Waals surface area contributed by atoms with Crippen LogP contribution in [0, 0.1) is 25.7 Å². The molecule has 26 heavy (non-hydrogen) atoms. The van der Waals surface area contributed by atoms with E-state index in [0.29, 0.717) is 6.42 Å². The molecule has 0 bridgehead atoms. The molecule has 1 aromatic carbocycles. The molecule has 1 aliphatic rings. The first kappa shape index (κ1) is 20.4. The summed E-state index contributed by atoms with van der Waals surface area (Å²) in [5.41, 5.74) is 3.58. The summed E-state index contributed by atoms with van der Waals surface area (Å²) in [7, 11) is 0. The van der Waals surface area contributed by atoms with Crippen LogP contribution in [0.1, 0.15) is 61.6 Å². The highest BCUT2D eigenvalue weighted by molar-refractivity contribution is 5.85. The maximum atomic E-state index is 12.3. The second-order valence-corrected chi connectivity index (χ2v) is 7.42. The molecule has 4 nitrogen and oxygen atoms in total. The van der Waals surface area contributed by atoms with Crippen molar-refractivity contribution < 1.29 is 19.8 Å². The van der Waals surface area contributed by atoms with Gasteiger partial charge in [-0.05, 0) is 43.4 Å². The van der Waals surface area contributed by atoms with Gasteiger partial charge in [0.25, 0.3) is 0 Å². The van der Waals surface area contributed by atoms with Gasteiger partial charge < -0.3 is 10.2 Å². The minimum atomic E-state index is -0.754. The Labute approximate surface area is 155 Å². The lowest BCUT2D eigenvalue weighted by Crippen LogP contribution is -2.18. The van der Waals surface area contributed by atoms with E-state index < -0.39 is 12.1 Å². The largest absolute Gasteiger partial charge is 0.481 e. The van der Waals surface area contributed by atoms with Crippen LogP contribution < -0.4 is 0 Å². The van der Waals surface area contributed by atoms with Crippen LogP contribution in [0.3, 0.4) is 0 Å². The molecule has 1 aromatic rings. The van der Waals surface area contributed by atoms with E-state index in [1.807, 2.05) is 18.2 Å². The van der Waals surface area contributed by atoms with Gasteiger partial charge in [-0.3, -0.25) is 9.59 Å². The third-order valence-electron chi connectivity index (χ3n) is 5.53. The third kappa shape index (κ3) is 5.53. The van der Waals surface area contributed by atoms with E-state index in [9.17, 15) is 14.7 Å². The number of ketones is 1. The van der Waals surface area contributed by atoms with E-state index in [2.05, 4.69) is 26.0 Å². The van der Waals surface area contributed by atoms with Crippen LogP contribution in [0.15, 0.2) is 24.3 Å². The fourth-order valence-corrected chi connectivity index (χ4v) is 3.76. The number of carbonyl (C=O) groups excluding carboxylic acids is 1. The average molecular weight is 358 g/mol. The molecule has 2 N–H and O–H groups in total. The van der Waals surface area contributed by atoms with Gasteiger partial charge >= 0.3 is 5.97 Å². The van der Waals surface area contributed by atoms with Crippen molar-refractivity contribution in [3.63, 3.8) is 0 Å². The van der Waals surface area contributed by atoms with Crippen molar-refractivity contribution in [3.05, 3.63) is 41.0 Å². The molecule has 0 aliphatic heterocycles. The number of hydrogen-bond donors (Lipinski definition) is 2. The molecule has 0 saturated heterocycles. The molecule has 0 heterocycles. The fraction of sp³-hybridized carbons (Fsp3) is 0.545. The SMILES string of the molecule is Cc1cccc(C=CC2C(O)CC(=O)C2CCCCCCC(=O)O)c1C. The first-order chi connectivity index (χ1) is 12.4. The number of unbranched alkanes of at least 4 members (excludes halogenated alkanes) is 3. The Balaban J connectivity index is 1.92. The van der Waals surface area contributed by atoms with Gasteiger partial charge in [-0.25, -0.2) is 0 Å². The van der Waals surface area contributed by atoms with Crippen LogP contribution in [-0.4, -0.2) is 28.1 Å². The molecular formula is C22H30O4. The number of carbonyl (C=O) groups is 2. The van der Waals surface area contributed by atoms with Crippen LogP contribution in [0.25, 0.3) is 6.08 Å². The summed E-state index contributed by atoms with van der Waals surface area (Å²) in [5, 5.41) is 18.9. The number of aliphatic hydroxyl groups excluding tert-OH is 1. The number of Topliss-reactive ketones (excluding diaryl/α,β-unsaturated/α-hetero) is 1. The minimum Gasteiger partial charge on any atom is -0.481 e. The third-order valence-corrected chi connectivity index (χ3v) is 5.53. The Morgan fingerprint density at radius 1 is 1.19 bits per heavy atom. The Morgan fingerprint density at radius 2 is 1.92 bits per heavy atom. The van der Waals surface area contributed by atoms with Gasteiger partial charge in [0, 0.05) is 24.7 Å². The molecule has 3 unspecified atom stereocenters. The summed E-state index contributed by atoms with van der Waals surface area (Å²) in [6.07, 6.45) is 8.06. The number of rotatable bonds is 9. The summed E-state index contributed by atoms with van der Waals surface area (Å²) in [5.74, 6) is -0.846. The van der Waals surface area contributed by atoms with Crippen molar-refractivity contribution >= 4 is 17.8 Å². The average Bonchev–Trinajstić information content (AvgIpc) is 2.85. The van der Waals surface area contributed by atoms with Crippen LogP contribution in [0.2, 0.25) is 0 Å². The predicted molar refractivity (Wildman–Crippen MR) is 103 cm³/mol. The number of aryl methyl sites for hydroxylation is 1. The van der Waals surface area contributed by atoms with Crippen molar-refractivity contribution in [3.8, 4) is 0 Å². The topological polar surface area (TPSA) is 74.6 Å². The van der Waals surface area contributed by atoms with Crippen LogP contribution in [0.4, 0.5) is 0 Å². The highest BCUT2D eigenvalue weighted by Gasteiger charge is 2.39. The van der Waals surface area contributed by atoms with Crippen molar-refractivity contribution in [2.24, 2.45) is 11.8 Å². The lowest BCUT2D eigenvalue weighted by Gasteiger charge is -2.17. The van der Waals surface area contributed by atoms with Gasteiger partial charge in [0.2, 0.25) is 0 Å². The predicted octanol–water partition coefficient (Wildman–Crippen LogP) is 4.31. The second kappa shape index (κ2) is 9.67. The molecule has 0 amide bonds. The molecule has 2 rings (SSSR count). The lowest BCUT2D eigenvalue weighted by molar-refractivity contribution is -0.137. The molecule has 4 heteroatoms. The Kier molecular flexibility index (Phi) is 7.58. The molecule has 3 atom stereocenters. The van der Waals surface area contributed by atoms with E-state index in [1.165, 1.54) is 11.1 Å². The molecule has 1 saturated carbocycles. The van der Waals surface area contributed by atoms with Crippen LogP contribution >= 0.6 is 0 Å².